The molecule has 0 saturated heterocycles. The summed E-state index contributed by atoms with van der Waals surface area (Å²) in [7, 11) is 0. The van der Waals surface area contributed by atoms with Crippen molar-refractivity contribution in [1.82, 2.24) is 19.2 Å². The van der Waals surface area contributed by atoms with E-state index in [9.17, 15) is 4.79 Å². The number of urea groups is 1. The first-order valence-electron chi connectivity index (χ1n) is 13.1. The van der Waals surface area contributed by atoms with E-state index in [0.29, 0.717) is 6.54 Å². The number of anilines is 1. The van der Waals surface area contributed by atoms with Gasteiger partial charge in [0.2, 0.25) is 0 Å². The number of hydrogen-bond donors (Lipinski definition) is 1. The standard InChI is InChI=1S/C32H31N5O/c1-4-27-26-21-36(32(38)33-28-18-11-13-22(2)23(28)3)30(24-14-7-5-8-15-24)29-19-12-20-35(29)31(26)37(34-27)25-16-9-6-10-17-25/h5-20,30H,4,21H2,1-3H3,(H,33,38)/t30-/m0/s1. The summed E-state index contributed by atoms with van der Waals surface area (Å²) in [5, 5.41) is 8.27. The fraction of sp³-hybridized carbons (Fsp3) is 0.188. The van der Waals surface area contributed by atoms with Gasteiger partial charge in [-0.3, -0.25) is 0 Å². The molecule has 1 aliphatic rings. The van der Waals surface area contributed by atoms with Crippen molar-refractivity contribution < 1.29 is 4.79 Å². The van der Waals surface area contributed by atoms with Crippen LogP contribution >= 0.6 is 0 Å². The highest BCUT2D eigenvalue weighted by Gasteiger charge is 2.36. The van der Waals surface area contributed by atoms with Gasteiger partial charge in [0.25, 0.3) is 0 Å². The highest BCUT2D eigenvalue weighted by molar-refractivity contribution is 5.91. The summed E-state index contributed by atoms with van der Waals surface area (Å²) >= 11 is 0. The molecule has 3 aromatic carbocycles. The Hall–Kier alpha value is -4.58. The van der Waals surface area contributed by atoms with Crippen molar-refractivity contribution in [2.24, 2.45) is 0 Å². The lowest BCUT2D eigenvalue weighted by Gasteiger charge is -2.31. The SMILES string of the molecule is CCc1nn(-c2ccccc2)c2c1CN(C(=O)Nc1cccc(C)c1C)[C@@H](c1ccccc1)c1cccn1-2. The van der Waals surface area contributed by atoms with E-state index >= 15 is 0 Å². The molecule has 2 amide bonds. The smallest absolute Gasteiger partial charge is 0.308 e. The first kappa shape index (κ1) is 23.8. The fourth-order valence-corrected chi connectivity index (χ4v) is 5.41. The van der Waals surface area contributed by atoms with Gasteiger partial charge in [-0.05, 0) is 67.3 Å². The molecule has 5 aromatic rings. The van der Waals surface area contributed by atoms with Crippen LogP contribution in [-0.2, 0) is 13.0 Å². The predicted octanol–water partition coefficient (Wildman–Crippen LogP) is 6.98. The van der Waals surface area contributed by atoms with Crippen molar-refractivity contribution in [2.75, 3.05) is 5.32 Å². The number of aromatic nitrogens is 3. The van der Waals surface area contributed by atoms with Gasteiger partial charge in [-0.2, -0.15) is 5.10 Å². The Morgan fingerprint density at radius 2 is 1.66 bits per heavy atom. The summed E-state index contributed by atoms with van der Waals surface area (Å²) < 4.78 is 4.23. The van der Waals surface area contributed by atoms with Crippen LogP contribution in [-0.4, -0.2) is 25.3 Å². The van der Waals surface area contributed by atoms with Crippen LogP contribution in [0.5, 0.6) is 0 Å². The maximum absolute atomic E-state index is 14.2. The Bertz CT molecular complexity index is 1600. The van der Waals surface area contributed by atoms with Crippen molar-refractivity contribution in [2.45, 2.75) is 39.8 Å². The lowest BCUT2D eigenvalue weighted by Crippen LogP contribution is -2.38. The minimum atomic E-state index is -0.280. The third kappa shape index (κ3) is 3.98. The summed E-state index contributed by atoms with van der Waals surface area (Å²) in [6.07, 6.45) is 2.85. The highest BCUT2D eigenvalue weighted by Crippen LogP contribution is 2.39. The summed E-state index contributed by atoms with van der Waals surface area (Å²) in [4.78, 5) is 16.1. The molecule has 6 heteroatoms. The normalized spacial score (nSPS) is 14.5. The Labute approximate surface area is 223 Å². The second-order valence-electron chi connectivity index (χ2n) is 9.77. The number of nitrogens with zero attached hydrogens (tertiary/aromatic N) is 4. The van der Waals surface area contributed by atoms with Crippen molar-refractivity contribution in [3.8, 4) is 11.5 Å². The molecule has 0 radical (unpaired) electrons. The number of para-hydroxylation sites is 1. The summed E-state index contributed by atoms with van der Waals surface area (Å²) in [5.74, 6) is 0.982. The van der Waals surface area contributed by atoms with E-state index in [-0.39, 0.29) is 12.1 Å². The second kappa shape index (κ2) is 9.71. The van der Waals surface area contributed by atoms with Crippen LogP contribution in [0.15, 0.2) is 97.2 Å². The van der Waals surface area contributed by atoms with Gasteiger partial charge in [0, 0.05) is 17.4 Å². The number of hydrogen-bond acceptors (Lipinski definition) is 2. The van der Waals surface area contributed by atoms with Gasteiger partial charge in [-0.15, -0.1) is 0 Å². The number of benzene rings is 3. The van der Waals surface area contributed by atoms with Gasteiger partial charge in [-0.1, -0.05) is 67.6 Å². The first-order chi connectivity index (χ1) is 18.6. The van der Waals surface area contributed by atoms with E-state index in [2.05, 4.69) is 72.4 Å². The molecule has 0 saturated carbocycles. The quantitative estimate of drug-likeness (QED) is 0.289. The third-order valence-electron chi connectivity index (χ3n) is 7.53. The van der Waals surface area contributed by atoms with E-state index in [1.54, 1.807) is 0 Å². The first-order valence-corrected chi connectivity index (χ1v) is 13.1. The molecular weight excluding hydrogens is 470 g/mol. The van der Waals surface area contributed by atoms with E-state index in [0.717, 1.165) is 57.3 Å². The summed E-state index contributed by atoms with van der Waals surface area (Å²) in [6.45, 7) is 6.66. The number of amides is 2. The van der Waals surface area contributed by atoms with Gasteiger partial charge in [0.1, 0.15) is 5.82 Å². The van der Waals surface area contributed by atoms with E-state index in [4.69, 9.17) is 5.10 Å². The fourth-order valence-electron chi connectivity index (χ4n) is 5.41. The maximum atomic E-state index is 14.2. The molecule has 1 aliphatic heterocycles. The van der Waals surface area contributed by atoms with Crippen LogP contribution in [0.1, 0.15) is 46.6 Å². The summed E-state index contributed by atoms with van der Waals surface area (Å²) in [6, 6.07) is 30.2. The predicted molar refractivity (Wildman–Crippen MR) is 151 cm³/mol. The highest BCUT2D eigenvalue weighted by atomic mass is 16.2. The number of carbonyl (C=O) groups is 1. The van der Waals surface area contributed by atoms with Gasteiger partial charge in [-0.25, -0.2) is 9.48 Å². The van der Waals surface area contributed by atoms with Crippen molar-refractivity contribution in [1.29, 1.82) is 0 Å². The largest absolute Gasteiger partial charge is 0.322 e. The van der Waals surface area contributed by atoms with Crippen LogP contribution in [0.2, 0.25) is 0 Å². The Morgan fingerprint density at radius 1 is 0.921 bits per heavy atom. The average molecular weight is 502 g/mol. The second-order valence-corrected chi connectivity index (χ2v) is 9.77. The zero-order valence-corrected chi connectivity index (χ0v) is 21.9. The van der Waals surface area contributed by atoms with Crippen LogP contribution in [0.4, 0.5) is 10.5 Å². The molecule has 3 heterocycles. The van der Waals surface area contributed by atoms with Gasteiger partial charge in [0.05, 0.1) is 29.7 Å². The molecule has 0 unspecified atom stereocenters. The number of rotatable bonds is 4. The molecule has 2 aromatic heterocycles. The number of nitrogens with one attached hydrogen (secondary N) is 1. The van der Waals surface area contributed by atoms with Crippen LogP contribution in [0.3, 0.4) is 0 Å². The monoisotopic (exact) mass is 501 g/mol. The van der Waals surface area contributed by atoms with Crippen LogP contribution in [0.25, 0.3) is 11.5 Å². The maximum Gasteiger partial charge on any atom is 0.322 e. The molecular formula is C32H31N5O. The van der Waals surface area contributed by atoms with Gasteiger partial charge < -0.3 is 14.8 Å². The number of carbonyl (C=O) groups excluding carboxylic acids is 1. The molecule has 6 nitrogen and oxygen atoms in total. The van der Waals surface area contributed by atoms with E-state index < -0.39 is 0 Å². The molecule has 0 spiro atoms. The lowest BCUT2D eigenvalue weighted by atomic mass is 10.0. The molecule has 0 bridgehead atoms. The molecule has 38 heavy (non-hydrogen) atoms. The van der Waals surface area contributed by atoms with Gasteiger partial charge >= 0.3 is 6.03 Å². The van der Waals surface area contributed by atoms with Gasteiger partial charge in [0.15, 0.2) is 0 Å². The molecule has 0 fully saturated rings. The molecule has 0 aliphatic carbocycles. The van der Waals surface area contributed by atoms with Crippen LogP contribution < -0.4 is 5.32 Å². The minimum absolute atomic E-state index is 0.136. The number of aryl methyl sites for hydroxylation is 2. The van der Waals surface area contributed by atoms with Crippen molar-refractivity contribution in [3.05, 3.63) is 131 Å². The minimum Gasteiger partial charge on any atom is -0.308 e. The molecule has 1 atom stereocenters. The Morgan fingerprint density at radius 3 is 2.39 bits per heavy atom. The van der Waals surface area contributed by atoms with Crippen molar-refractivity contribution in [3.63, 3.8) is 0 Å². The van der Waals surface area contributed by atoms with E-state index in [1.165, 1.54) is 0 Å². The molecule has 190 valence electrons. The van der Waals surface area contributed by atoms with Crippen LogP contribution in [0, 0.1) is 13.8 Å². The average Bonchev–Trinajstić information content (AvgIpc) is 3.53. The Balaban J connectivity index is 1.55. The number of fused-ring (bicyclic) bond motifs is 3. The summed E-state index contributed by atoms with van der Waals surface area (Å²) in [5.41, 5.74) is 8.17. The third-order valence-corrected chi connectivity index (χ3v) is 7.53. The zero-order valence-electron chi connectivity index (χ0n) is 21.9. The Kier molecular flexibility index (Phi) is 6.08. The molecule has 6 rings (SSSR count). The van der Waals surface area contributed by atoms with E-state index in [1.807, 2.05) is 65.0 Å². The lowest BCUT2D eigenvalue weighted by molar-refractivity contribution is 0.194. The topological polar surface area (TPSA) is 55.1 Å². The zero-order chi connectivity index (χ0) is 26.2. The van der Waals surface area contributed by atoms with Crippen molar-refractivity contribution >= 4 is 11.7 Å². The molecule has 1 N–H and O–H groups in total.